The Morgan fingerprint density at radius 2 is 1.72 bits per heavy atom. The van der Waals surface area contributed by atoms with Crippen LogP contribution in [-0.2, 0) is 4.79 Å². The van der Waals surface area contributed by atoms with Crippen LogP contribution in [0.5, 0.6) is 5.75 Å². The lowest BCUT2D eigenvalue weighted by Gasteiger charge is -2.34. The van der Waals surface area contributed by atoms with Crippen molar-refractivity contribution in [2.75, 3.05) is 31.1 Å². The summed E-state index contributed by atoms with van der Waals surface area (Å²) in [6.07, 6.45) is 3.31. The number of hydrogen-bond donors (Lipinski definition) is 0. The van der Waals surface area contributed by atoms with E-state index >= 15 is 0 Å². The zero-order chi connectivity index (χ0) is 27.9. The molecule has 0 saturated carbocycles. The summed E-state index contributed by atoms with van der Waals surface area (Å²) >= 11 is 12.7. The summed E-state index contributed by atoms with van der Waals surface area (Å²) in [5, 5.41) is 1.08. The Morgan fingerprint density at radius 3 is 2.36 bits per heavy atom. The maximum Gasteiger partial charge on any atom is 0.223 e. The van der Waals surface area contributed by atoms with Gasteiger partial charge in [-0.05, 0) is 101 Å². The van der Waals surface area contributed by atoms with E-state index in [2.05, 4.69) is 35.2 Å². The Hall–Kier alpha value is -2.53. The normalized spacial score (nSPS) is 15.4. The highest BCUT2D eigenvalue weighted by atomic mass is 35.5. The lowest BCUT2D eigenvalue weighted by Crippen LogP contribution is -2.37. The van der Waals surface area contributed by atoms with Crippen molar-refractivity contribution < 1.29 is 9.53 Å². The standard InChI is InChI=1S/C33H40Cl2N2O2/c1-23(2)39-33-12-8-11-32(24(33)3)37(25(4)38)22-29(28-13-14-30(34)31(35)21-28)17-20-36-18-15-27(16-19-36)26-9-6-5-7-10-26/h5-14,21,23,27,29H,15-20,22H2,1-4H3. The molecule has 1 amide bonds. The molecule has 1 heterocycles. The van der Waals surface area contributed by atoms with Crippen LogP contribution in [0, 0.1) is 6.92 Å². The van der Waals surface area contributed by atoms with E-state index in [0.717, 1.165) is 48.6 Å². The highest BCUT2D eigenvalue weighted by Crippen LogP contribution is 2.34. The van der Waals surface area contributed by atoms with Crippen LogP contribution in [0.1, 0.15) is 68.6 Å². The van der Waals surface area contributed by atoms with Gasteiger partial charge in [-0.25, -0.2) is 0 Å². The van der Waals surface area contributed by atoms with Crippen molar-refractivity contribution in [3.8, 4) is 5.75 Å². The molecule has 1 saturated heterocycles. The maximum absolute atomic E-state index is 13.0. The van der Waals surface area contributed by atoms with Crippen LogP contribution < -0.4 is 9.64 Å². The third kappa shape index (κ3) is 7.78. The molecule has 1 fully saturated rings. The molecule has 3 aromatic rings. The molecule has 0 aromatic heterocycles. The van der Waals surface area contributed by atoms with E-state index in [4.69, 9.17) is 27.9 Å². The summed E-state index contributed by atoms with van der Waals surface area (Å²) in [7, 11) is 0. The first-order chi connectivity index (χ1) is 18.7. The van der Waals surface area contributed by atoms with Gasteiger partial charge in [-0.1, -0.05) is 65.7 Å². The van der Waals surface area contributed by atoms with E-state index in [-0.39, 0.29) is 17.9 Å². The number of anilines is 1. The second-order valence-corrected chi connectivity index (χ2v) is 11.7. The van der Waals surface area contributed by atoms with Crippen LogP contribution in [-0.4, -0.2) is 43.1 Å². The fourth-order valence-corrected chi connectivity index (χ4v) is 5.88. The SMILES string of the molecule is CC(=O)N(CC(CCN1CCC(c2ccccc2)CC1)c1ccc(Cl)c(Cl)c1)c1cccc(OC(C)C)c1C. The lowest BCUT2D eigenvalue weighted by atomic mass is 9.89. The Bertz CT molecular complexity index is 1240. The zero-order valence-corrected chi connectivity index (χ0v) is 25.0. The third-order valence-corrected chi connectivity index (χ3v) is 8.50. The molecule has 1 atom stereocenters. The molecule has 208 valence electrons. The minimum absolute atomic E-state index is 0.00790. The number of carbonyl (C=O) groups excluding carboxylic acids is 1. The maximum atomic E-state index is 13.0. The van der Waals surface area contributed by atoms with E-state index in [1.54, 1.807) is 6.92 Å². The molecule has 3 aromatic carbocycles. The van der Waals surface area contributed by atoms with E-state index in [1.807, 2.05) is 62.1 Å². The number of ether oxygens (including phenoxy) is 1. The van der Waals surface area contributed by atoms with Crippen LogP contribution in [0.25, 0.3) is 0 Å². The number of hydrogen-bond acceptors (Lipinski definition) is 3. The van der Waals surface area contributed by atoms with Crippen molar-refractivity contribution in [2.24, 2.45) is 0 Å². The summed E-state index contributed by atoms with van der Waals surface area (Å²) in [6.45, 7) is 11.4. The van der Waals surface area contributed by atoms with Gasteiger partial charge in [0.1, 0.15) is 5.75 Å². The van der Waals surface area contributed by atoms with Crippen LogP contribution in [0.4, 0.5) is 5.69 Å². The Labute approximate surface area is 243 Å². The fraction of sp³-hybridized carbons (Fsp3) is 0.424. The molecular weight excluding hydrogens is 527 g/mol. The zero-order valence-electron chi connectivity index (χ0n) is 23.5. The van der Waals surface area contributed by atoms with Crippen LogP contribution >= 0.6 is 23.2 Å². The van der Waals surface area contributed by atoms with Crippen molar-refractivity contribution in [1.82, 2.24) is 4.90 Å². The number of benzene rings is 3. The number of halogens is 2. The molecule has 0 bridgehead atoms. The summed E-state index contributed by atoms with van der Waals surface area (Å²) in [5.41, 5.74) is 4.40. The highest BCUT2D eigenvalue weighted by molar-refractivity contribution is 6.42. The van der Waals surface area contributed by atoms with Crippen LogP contribution in [0.15, 0.2) is 66.7 Å². The van der Waals surface area contributed by atoms with Gasteiger partial charge in [0.05, 0.1) is 21.8 Å². The van der Waals surface area contributed by atoms with Crippen molar-refractivity contribution in [2.45, 2.75) is 64.9 Å². The molecule has 1 aliphatic rings. The summed E-state index contributed by atoms with van der Waals surface area (Å²) in [4.78, 5) is 17.5. The van der Waals surface area contributed by atoms with Crippen molar-refractivity contribution >= 4 is 34.8 Å². The number of rotatable bonds is 10. The predicted octanol–water partition coefficient (Wildman–Crippen LogP) is 8.50. The predicted molar refractivity (Wildman–Crippen MR) is 164 cm³/mol. The smallest absolute Gasteiger partial charge is 0.223 e. The van der Waals surface area contributed by atoms with Gasteiger partial charge in [0, 0.05) is 24.9 Å². The third-order valence-electron chi connectivity index (χ3n) is 7.76. The Kier molecular flexibility index (Phi) is 10.3. The monoisotopic (exact) mass is 566 g/mol. The number of piperidine rings is 1. The largest absolute Gasteiger partial charge is 0.491 e. The average molecular weight is 568 g/mol. The minimum atomic E-state index is 0.00790. The van der Waals surface area contributed by atoms with E-state index in [1.165, 1.54) is 18.4 Å². The second-order valence-electron chi connectivity index (χ2n) is 10.9. The van der Waals surface area contributed by atoms with Gasteiger partial charge < -0.3 is 14.5 Å². The molecular formula is C33H40Cl2N2O2. The van der Waals surface area contributed by atoms with Gasteiger partial charge in [-0.2, -0.15) is 0 Å². The van der Waals surface area contributed by atoms with Gasteiger partial charge in [0.2, 0.25) is 5.91 Å². The molecule has 0 N–H and O–H groups in total. The van der Waals surface area contributed by atoms with Gasteiger partial charge in [0.15, 0.2) is 0 Å². The fourth-order valence-electron chi connectivity index (χ4n) is 5.58. The van der Waals surface area contributed by atoms with Crippen LogP contribution in [0.2, 0.25) is 10.0 Å². The molecule has 6 heteroatoms. The minimum Gasteiger partial charge on any atom is -0.491 e. The summed E-state index contributed by atoms with van der Waals surface area (Å²) < 4.78 is 6.02. The van der Waals surface area contributed by atoms with Crippen molar-refractivity contribution in [3.63, 3.8) is 0 Å². The Morgan fingerprint density at radius 1 is 1.00 bits per heavy atom. The molecule has 4 rings (SSSR count). The van der Waals surface area contributed by atoms with Crippen molar-refractivity contribution in [1.29, 1.82) is 0 Å². The number of nitrogens with zero attached hydrogens (tertiary/aromatic N) is 2. The number of likely N-dealkylation sites (tertiary alicyclic amines) is 1. The van der Waals surface area contributed by atoms with Crippen molar-refractivity contribution in [3.05, 3.63) is 93.5 Å². The van der Waals surface area contributed by atoms with Crippen LogP contribution in [0.3, 0.4) is 0 Å². The summed E-state index contributed by atoms with van der Waals surface area (Å²) in [6, 6.07) is 22.6. The van der Waals surface area contributed by atoms with E-state index in [0.29, 0.717) is 22.5 Å². The van der Waals surface area contributed by atoms with E-state index in [9.17, 15) is 4.79 Å². The number of amides is 1. The topological polar surface area (TPSA) is 32.8 Å². The molecule has 0 aliphatic carbocycles. The van der Waals surface area contributed by atoms with E-state index < -0.39 is 0 Å². The molecule has 0 radical (unpaired) electrons. The first kappa shape index (κ1) is 29.5. The Balaban J connectivity index is 1.52. The first-order valence-corrected chi connectivity index (χ1v) is 14.7. The quantitative estimate of drug-likeness (QED) is 0.246. The average Bonchev–Trinajstić information content (AvgIpc) is 2.92. The lowest BCUT2D eigenvalue weighted by molar-refractivity contribution is -0.116. The van der Waals surface area contributed by atoms with Gasteiger partial charge in [-0.3, -0.25) is 4.79 Å². The van der Waals surface area contributed by atoms with Gasteiger partial charge in [-0.15, -0.1) is 0 Å². The van der Waals surface area contributed by atoms with Gasteiger partial charge >= 0.3 is 0 Å². The molecule has 4 nitrogen and oxygen atoms in total. The summed E-state index contributed by atoms with van der Waals surface area (Å²) in [5.74, 6) is 1.55. The molecule has 1 unspecified atom stereocenters. The number of carbonyl (C=O) groups is 1. The molecule has 0 spiro atoms. The first-order valence-electron chi connectivity index (χ1n) is 14.0. The highest BCUT2D eigenvalue weighted by Gasteiger charge is 2.25. The second kappa shape index (κ2) is 13.7. The molecule has 1 aliphatic heterocycles. The van der Waals surface area contributed by atoms with Gasteiger partial charge in [0.25, 0.3) is 0 Å². The molecule has 39 heavy (non-hydrogen) atoms.